The van der Waals surface area contributed by atoms with E-state index in [1.54, 1.807) is 12.4 Å². The van der Waals surface area contributed by atoms with Crippen molar-refractivity contribution in [1.82, 2.24) is 39.7 Å². The molecule has 2 aromatic carbocycles. The Balaban J connectivity index is 0.000000181. The summed E-state index contributed by atoms with van der Waals surface area (Å²) in [5.74, 6) is 2.15. The number of aromatic amines is 2. The van der Waals surface area contributed by atoms with E-state index in [2.05, 4.69) is 71.6 Å². The minimum absolute atomic E-state index is 0.0442. The van der Waals surface area contributed by atoms with Gasteiger partial charge in [-0.1, -0.05) is 0 Å². The van der Waals surface area contributed by atoms with Crippen LogP contribution >= 0.6 is 31.9 Å². The molecule has 2 aliphatic heterocycles. The summed E-state index contributed by atoms with van der Waals surface area (Å²) in [6.45, 7) is 4.36. The number of nitrogens with one attached hydrogen (secondary N) is 2. The highest BCUT2D eigenvalue weighted by molar-refractivity contribution is 9.10. The fourth-order valence-electron chi connectivity index (χ4n) is 7.38. The van der Waals surface area contributed by atoms with Gasteiger partial charge in [0, 0.05) is 58.0 Å². The van der Waals surface area contributed by atoms with Gasteiger partial charge in [-0.05, 0) is 138 Å². The number of hydrogen-bond donors (Lipinski definition) is 6. The predicted octanol–water partition coefficient (Wildman–Crippen LogP) is 4.65. The Morgan fingerprint density at radius 1 is 0.700 bits per heavy atom. The number of H-pyrrole nitrogens is 2. The summed E-state index contributed by atoms with van der Waals surface area (Å²) >= 11 is 6.81. The third-order valence-electron chi connectivity index (χ3n) is 10.6. The summed E-state index contributed by atoms with van der Waals surface area (Å²) in [7, 11) is 0. The number of nitrogens with two attached hydrogens (primary N) is 2. The Morgan fingerprint density at radius 2 is 1.17 bits per heavy atom. The molecule has 2 amide bonds. The topological polar surface area (TPSA) is 235 Å². The number of carbonyl (C=O) groups excluding carboxylic acids is 2. The Hall–Kier alpha value is -4.98. The second-order valence-electron chi connectivity index (χ2n) is 15.2. The first kappa shape index (κ1) is 43.1. The van der Waals surface area contributed by atoms with E-state index in [-0.39, 0.29) is 36.9 Å². The van der Waals surface area contributed by atoms with Crippen LogP contribution < -0.4 is 20.9 Å². The molecule has 2 aliphatic rings. The molecule has 3 unspecified atom stereocenters. The highest BCUT2D eigenvalue weighted by atomic mass is 79.9. The summed E-state index contributed by atoms with van der Waals surface area (Å²) in [6.07, 6.45) is 5.42. The van der Waals surface area contributed by atoms with Gasteiger partial charge in [0.1, 0.15) is 48.6 Å². The van der Waals surface area contributed by atoms with Crippen molar-refractivity contribution in [2.24, 2.45) is 23.3 Å². The van der Waals surface area contributed by atoms with Gasteiger partial charge in [0.2, 0.25) is 11.8 Å². The largest absolute Gasteiger partial charge is 0.491 e. The smallest absolute Gasteiger partial charge is 0.221 e. The van der Waals surface area contributed by atoms with Crippen molar-refractivity contribution in [3.63, 3.8) is 0 Å². The lowest BCUT2D eigenvalue weighted by Crippen LogP contribution is -2.45. The second-order valence-corrected chi connectivity index (χ2v) is 17.0. The van der Waals surface area contributed by atoms with Crippen molar-refractivity contribution >= 4 is 66.0 Å². The standard InChI is InChI=1S/2C21H24BrN5O3/c22-15-9-18-21(24-10-15)26-20(25-18)14-1-3-17(4-2-14)30-12-16(28)11-27-7-5-13(6-8-27)19(23)29;22-15-8-18-21(24-9-15)26-20(25-18)13-3-5-17(6-4-13)30-12-16(28)11-27-7-1-2-14(10-27)19(23)29/h1-4,9-10,13,16,28H,5-8,11-12H2,(H2,23,29)(H,24,25,26);3-6,8-9,14,16,28H,1-2,7,10-12H2,(H2,23,29)(H,24,25,26). The molecule has 0 saturated carbocycles. The van der Waals surface area contributed by atoms with E-state index in [0.29, 0.717) is 42.4 Å². The number of pyridine rings is 2. The molecule has 6 heterocycles. The number of aliphatic hydroxyl groups excluding tert-OH is 2. The Bertz CT molecular complexity index is 2370. The van der Waals surface area contributed by atoms with Gasteiger partial charge in [0.15, 0.2) is 11.3 Å². The predicted molar refractivity (Wildman–Crippen MR) is 234 cm³/mol. The second kappa shape index (κ2) is 20.1. The van der Waals surface area contributed by atoms with Gasteiger partial charge in [-0.2, -0.15) is 0 Å². The highest BCUT2D eigenvalue weighted by Gasteiger charge is 2.26. The number of benzene rings is 2. The summed E-state index contributed by atoms with van der Waals surface area (Å²) in [5.41, 5.74) is 15.7. The van der Waals surface area contributed by atoms with E-state index in [1.807, 2.05) is 60.7 Å². The lowest BCUT2D eigenvalue weighted by Gasteiger charge is -2.32. The van der Waals surface area contributed by atoms with Crippen LogP contribution in [0.3, 0.4) is 0 Å². The SMILES string of the molecule is NC(=O)C1CCCN(CC(O)COc2ccc(-c3nc4ncc(Br)cc4[nH]3)cc2)C1.NC(=O)C1CCN(CC(O)COc2ccc(-c3nc4ncc(Br)cc4[nH]3)cc2)CC1. The molecule has 0 bridgehead atoms. The first-order valence-electron chi connectivity index (χ1n) is 19.8. The molecule has 6 aromatic rings. The summed E-state index contributed by atoms with van der Waals surface area (Å²) in [4.78, 5) is 50.9. The number of β-amino-alcohol motifs (C(OH)–C–C–N with tert-alkyl or cyclic N) is 2. The molecule has 16 nitrogen and oxygen atoms in total. The molecule has 18 heteroatoms. The van der Waals surface area contributed by atoms with E-state index in [0.717, 1.165) is 88.1 Å². The molecule has 0 aliphatic carbocycles. The minimum atomic E-state index is -0.642. The molecule has 3 atom stereocenters. The van der Waals surface area contributed by atoms with Crippen LogP contribution in [0.25, 0.3) is 45.1 Å². The van der Waals surface area contributed by atoms with E-state index < -0.39 is 12.2 Å². The van der Waals surface area contributed by atoms with Crippen LogP contribution in [0.1, 0.15) is 25.7 Å². The normalized spacial score (nSPS) is 17.5. The van der Waals surface area contributed by atoms with Crippen LogP contribution in [-0.4, -0.2) is 126 Å². The lowest BCUT2D eigenvalue weighted by atomic mass is 9.96. The van der Waals surface area contributed by atoms with Gasteiger partial charge in [-0.25, -0.2) is 19.9 Å². The number of primary amides is 2. The maximum atomic E-state index is 11.4. The summed E-state index contributed by atoms with van der Waals surface area (Å²) < 4.78 is 13.3. The molecule has 0 radical (unpaired) electrons. The number of ether oxygens (including phenoxy) is 2. The van der Waals surface area contributed by atoms with Crippen molar-refractivity contribution < 1.29 is 29.3 Å². The van der Waals surface area contributed by atoms with Crippen molar-refractivity contribution in [2.75, 3.05) is 52.5 Å². The third kappa shape index (κ3) is 11.6. The number of imidazole rings is 2. The van der Waals surface area contributed by atoms with E-state index in [4.69, 9.17) is 20.9 Å². The van der Waals surface area contributed by atoms with Gasteiger partial charge < -0.3 is 46.0 Å². The third-order valence-corrected chi connectivity index (χ3v) is 11.5. The molecule has 8 rings (SSSR count). The molecule has 60 heavy (non-hydrogen) atoms. The molecular formula is C42H48Br2N10O6. The Kier molecular flexibility index (Phi) is 14.4. The summed E-state index contributed by atoms with van der Waals surface area (Å²) in [6, 6.07) is 19.0. The molecule has 2 fully saturated rings. The number of aromatic nitrogens is 6. The monoisotopic (exact) mass is 946 g/mol. The lowest BCUT2D eigenvalue weighted by molar-refractivity contribution is -0.124. The number of piperidine rings is 2. The van der Waals surface area contributed by atoms with Crippen LogP contribution in [0, 0.1) is 11.8 Å². The number of fused-ring (bicyclic) bond motifs is 2. The van der Waals surface area contributed by atoms with E-state index >= 15 is 0 Å². The van der Waals surface area contributed by atoms with Crippen LogP contribution in [-0.2, 0) is 9.59 Å². The number of likely N-dealkylation sites (tertiary alicyclic amines) is 2. The zero-order valence-electron chi connectivity index (χ0n) is 32.8. The van der Waals surface area contributed by atoms with Gasteiger partial charge in [-0.15, -0.1) is 0 Å². The molecular weight excluding hydrogens is 900 g/mol. The van der Waals surface area contributed by atoms with Crippen LogP contribution in [0.4, 0.5) is 0 Å². The summed E-state index contributed by atoms with van der Waals surface area (Å²) in [5, 5.41) is 20.6. The van der Waals surface area contributed by atoms with Crippen molar-refractivity contribution in [3.05, 3.63) is 82.0 Å². The zero-order chi connectivity index (χ0) is 42.2. The van der Waals surface area contributed by atoms with Gasteiger partial charge in [0.25, 0.3) is 0 Å². The maximum absolute atomic E-state index is 11.4. The maximum Gasteiger partial charge on any atom is 0.221 e. The number of nitrogens with zero attached hydrogens (tertiary/aromatic N) is 6. The van der Waals surface area contributed by atoms with Crippen LogP contribution in [0.2, 0.25) is 0 Å². The Morgan fingerprint density at radius 3 is 1.63 bits per heavy atom. The number of hydrogen-bond acceptors (Lipinski definition) is 12. The van der Waals surface area contributed by atoms with Gasteiger partial charge >= 0.3 is 0 Å². The van der Waals surface area contributed by atoms with Crippen molar-refractivity contribution in [1.29, 1.82) is 0 Å². The fraction of sp³-hybridized carbons (Fsp3) is 0.381. The average molecular weight is 949 g/mol. The minimum Gasteiger partial charge on any atom is -0.491 e. The van der Waals surface area contributed by atoms with Crippen LogP contribution in [0.15, 0.2) is 82.0 Å². The highest BCUT2D eigenvalue weighted by Crippen LogP contribution is 2.26. The van der Waals surface area contributed by atoms with Gasteiger partial charge in [-0.3, -0.25) is 14.5 Å². The molecule has 316 valence electrons. The van der Waals surface area contributed by atoms with E-state index in [1.165, 1.54) is 0 Å². The first-order chi connectivity index (χ1) is 28.9. The first-order valence-corrected chi connectivity index (χ1v) is 21.4. The van der Waals surface area contributed by atoms with Crippen LogP contribution in [0.5, 0.6) is 11.5 Å². The molecule has 8 N–H and O–H groups in total. The molecule has 4 aromatic heterocycles. The number of halogens is 2. The molecule has 0 spiro atoms. The average Bonchev–Trinajstić information content (AvgIpc) is 3.87. The van der Waals surface area contributed by atoms with Crippen molar-refractivity contribution in [3.8, 4) is 34.3 Å². The quantitative estimate of drug-likeness (QED) is 0.0876. The number of amides is 2. The van der Waals surface area contributed by atoms with E-state index in [9.17, 15) is 19.8 Å². The molecule has 2 saturated heterocycles. The van der Waals surface area contributed by atoms with Gasteiger partial charge in [0.05, 0.1) is 17.0 Å². The number of aliphatic hydroxyl groups is 2. The zero-order valence-corrected chi connectivity index (χ0v) is 36.0. The number of carbonyl (C=O) groups is 2. The number of rotatable bonds is 14. The Labute approximate surface area is 363 Å². The fourth-order valence-corrected chi connectivity index (χ4v) is 8.04. The van der Waals surface area contributed by atoms with Crippen molar-refractivity contribution in [2.45, 2.75) is 37.9 Å².